The van der Waals surface area contributed by atoms with E-state index in [0.717, 1.165) is 25.8 Å². The minimum Gasteiger partial charge on any atom is -0.353 e. The summed E-state index contributed by atoms with van der Waals surface area (Å²) in [6.45, 7) is 0.793. The van der Waals surface area contributed by atoms with Gasteiger partial charge < -0.3 is 14.8 Å². The summed E-state index contributed by atoms with van der Waals surface area (Å²) < 4.78 is 2.10. The van der Waals surface area contributed by atoms with Gasteiger partial charge in [-0.3, -0.25) is 9.59 Å². The molecule has 2 saturated heterocycles. The third-order valence-electron chi connectivity index (χ3n) is 4.65. The molecule has 2 aliphatic rings. The van der Waals surface area contributed by atoms with Crippen LogP contribution < -0.4 is 5.32 Å². The molecule has 0 spiro atoms. The molecular formula is C16H23N3O2. The molecule has 0 aliphatic carbocycles. The van der Waals surface area contributed by atoms with Crippen molar-refractivity contribution in [2.75, 3.05) is 6.54 Å². The van der Waals surface area contributed by atoms with Crippen molar-refractivity contribution in [1.29, 1.82) is 0 Å². The van der Waals surface area contributed by atoms with Gasteiger partial charge in [0, 0.05) is 31.9 Å². The highest BCUT2D eigenvalue weighted by molar-refractivity contribution is 5.91. The van der Waals surface area contributed by atoms with Crippen molar-refractivity contribution < 1.29 is 9.59 Å². The second-order valence-electron chi connectivity index (χ2n) is 6.10. The minimum absolute atomic E-state index is 0.00131. The first-order valence-electron chi connectivity index (χ1n) is 7.88. The van der Waals surface area contributed by atoms with Gasteiger partial charge in [0.05, 0.1) is 6.04 Å². The monoisotopic (exact) mass is 289 g/mol. The highest BCUT2D eigenvalue weighted by atomic mass is 16.2. The van der Waals surface area contributed by atoms with Crippen LogP contribution in [-0.2, 0) is 16.6 Å². The number of hydrogen-bond donors (Lipinski definition) is 1. The van der Waals surface area contributed by atoms with Gasteiger partial charge in [-0.25, -0.2) is 0 Å². The van der Waals surface area contributed by atoms with Crippen molar-refractivity contribution in [1.82, 2.24) is 14.8 Å². The number of carbonyl (C=O) groups excluding carboxylic acids is 2. The highest BCUT2D eigenvalue weighted by Gasteiger charge is 2.35. The van der Waals surface area contributed by atoms with Crippen LogP contribution in [0.2, 0.25) is 0 Å². The molecule has 1 N–H and O–H groups in total. The maximum absolute atomic E-state index is 12.8. The Labute approximate surface area is 125 Å². The molecule has 1 aromatic rings. The van der Waals surface area contributed by atoms with E-state index in [1.807, 2.05) is 24.2 Å². The molecule has 5 nitrogen and oxygen atoms in total. The van der Waals surface area contributed by atoms with Gasteiger partial charge in [-0.2, -0.15) is 0 Å². The summed E-state index contributed by atoms with van der Waals surface area (Å²) in [7, 11) is 2.03. The summed E-state index contributed by atoms with van der Waals surface area (Å²) in [5, 5.41) is 2.81. The number of nitrogens with zero attached hydrogens (tertiary/aromatic N) is 2. The van der Waals surface area contributed by atoms with E-state index in [1.165, 1.54) is 12.1 Å². The summed E-state index contributed by atoms with van der Waals surface area (Å²) >= 11 is 0. The molecule has 2 amide bonds. The van der Waals surface area contributed by atoms with Gasteiger partial charge in [-0.15, -0.1) is 0 Å². The topological polar surface area (TPSA) is 54.3 Å². The van der Waals surface area contributed by atoms with Gasteiger partial charge in [0.2, 0.25) is 11.8 Å². The number of nitrogens with one attached hydrogen (secondary N) is 1. The Kier molecular flexibility index (Phi) is 3.99. The van der Waals surface area contributed by atoms with Gasteiger partial charge in [-0.1, -0.05) is 12.8 Å². The van der Waals surface area contributed by atoms with E-state index in [2.05, 4.69) is 16.0 Å². The zero-order valence-corrected chi connectivity index (χ0v) is 12.5. The lowest BCUT2D eigenvalue weighted by molar-refractivity contribution is -0.136. The third-order valence-corrected chi connectivity index (χ3v) is 4.65. The molecule has 114 valence electrons. The first kappa shape index (κ1) is 14.2. The SMILES string of the molecule is Cn1cccc1[C@H]1CCCCCN1C(=O)[C@H]1CCC(=O)N1. The maximum Gasteiger partial charge on any atom is 0.245 e. The predicted octanol–water partition coefficient (Wildman–Crippen LogP) is 1.75. The fourth-order valence-corrected chi connectivity index (χ4v) is 3.50. The molecule has 0 radical (unpaired) electrons. The molecule has 0 bridgehead atoms. The van der Waals surface area contributed by atoms with Crippen molar-refractivity contribution in [3.05, 3.63) is 24.0 Å². The number of aromatic nitrogens is 1. The molecule has 2 fully saturated rings. The molecule has 2 aliphatic heterocycles. The molecule has 0 saturated carbocycles. The van der Waals surface area contributed by atoms with Crippen LogP contribution in [0.3, 0.4) is 0 Å². The zero-order chi connectivity index (χ0) is 14.8. The fourth-order valence-electron chi connectivity index (χ4n) is 3.50. The van der Waals surface area contributed by atoms with Gasteiger partial charge in [-0.05, 0) is 31.4 Å². The van der Waals surface area contributed by atoms with Crippen LogP contribution in [0.1, 0.15) is 50.3 Å². The molecule has 3 heterocycles. The Hall–Kier alpha value is -1.78. The Morgan fingerprint density at radius 1 is 1.29 bits per heavy atom. The van der Waals surface area contributed by atoms with Gasteiger partial charge in [0.25, 0.3) is 0 Å². The molecule has 0 aromatic carbocycles. The van der Waals surface area contributed by atoms with Crippen molar-refractivity contribution in [2.24, 2.45) is 7.05 Å². The van der Waals surface area contributed by atoms with Crippen molar-refractivity contribution in [2.45, 2.75) is 50.6 Å². The summed E-state index contributed by atoms with van der Waals surface area (Å²) in [6.07, 6.45) is 7.50. The largest absolute Gasteiger partial charge is 0.353 e. The van der Waals surface area contributed by atoms with E-state index in [1.54, 1.807) is 0 Å². The van der Waals surface area contributed by atoms with Crippen molar-refractivity contribution in [3.63, 3.8) is 0 Å². The summed E-state index contributed by atoms with van der Waals surface area (Å²) in [6, 6.07) is 3.94. The summed E-state index contributed by atoms with van der Waals surface area (Å²) in [4.78, 5) is 26.2. The summed E-state index contributed by atoms with van der Waals surface area (Å²) in [5.41, 5.74) is 1.19. The van der Waals surface area contributed by atoms with Gasteiger partial charge >= 0.3 is 0 Å². The molecule has 1 aromatic heterocycles. The predicted molar refractivity (Wildman–Crippen MR) is 79.5 cm³/mol. The normalized spacial score (nSPS) is 26.5. The van der Waals surface area contributed by atoms with E-state index < -0.39 is 0 Å². The average Bonchev–Trinajstić information content (AvgIpc) is 3.00. The first-order chi connectivity index (χ1) is 10.2. The number of aryl methyl sites for hydroxylation is 1. The number of amides is 2. The number of likely N-dealkylation sites (tertiary alicyclic amines) is 1. The van der Waals surface area contributed by atoms with Crippen LogP contribution >= 0.6 is 0 Å². The maximum atomic E-state index is 12.8. The fraction of sp³-hybridized carbons (Fsp3) is 0.625. The zero-order valence-electron chi connectivity index (χ0n) is 12.5. The number of carbonyl (C=O) groups is 2. The van der Waals surface area contributed by atoms with E-state index in [4.69, 9.17) is 0 Å². The van der Waals surface area contributed by atoms with Crippen LogP contribution in [-0.4, -0.2) is 33.9 Å². The van der Waals surface area contributed by atoms with Crippen molar-refractivity contribution >= 4 is 11.8 Å². The average molecular weight is 289 g/mol. The molecule has 5 heteroatoms. The third kappa shape index (κ3) is 2.82. The smallest absolute Gasteiger partial charge is 0.245 e. The highest BCUT2D eigenvalue weighted by Crippen LogP contribution is 2.31. The van der Waals surface area contributed by atoms with Gasteiger partial charge in [0.1, 0.15) is 6.04 Å². The Balaban J connectivity index is 1.83. The van der Waals surface area contributed by atoms with Crippen LogP contribution in [0.5, 0.6) is 0 Å². The van der Waals surface area contributed by atoms with Gasteiger partial charge in [0.15, 0.2) is 0 Å². The molecule has 21 heavy (non-hydrogen) atoms. The summed E-state index contributed by atoms with van der Waals surface area (Å²) in [5.74, 6) is 0.0903. The first-order valence-corrected chi connectivity index (χ1v) is 7.88. The lowest BCUT2D eigenvalue weighted by atomic mass is 10.1. The van der Waals surface area contributed by atoms with E-state index in [-0.39, 0.29) is 23.9 Å². The lowest BCUT2D eigenvalue weighted by Gasteiger charge is -2.32. The number of hydrogen-bond acceptors (Lipinski definition) is 2. The quantitative estimate of drug-likeness (QED) is 0.902. The van der Waals surface area contributed by atoms with E-state index in [0.29, 0.717) is 12.8 Å². The Morgan fingerprint density at radius 2 is 2.14 bits per heavy atom. The number of rotatable bonds is 2. The van der Waals surface area contributed by atoms with Crippen LogP contribution in [0.4, 0.5) is 0 Å². The Morgan fingerprint density at radius 3 is 2.81 bits per heavy atom. The van der Waals surface area contributed by atoms with Crippen molar-refractivity contribution in [3.8, 4) is 0 Å². The second kappa shape index (κ2) is 5.92. The molecule has 3 rings (SSSR count). The second-order valence-corrected chi connectivity index (χ2v) is 6.10. The van der Waals surface area contributed by atoms with Crippen LogP contribution in [0.15, 0.2) is 18.3 Å². The van der Waals surface area contributed by atoms with E-state index in [9.17, 15) is 9.59 Å². The Bertz CT molecular complexity index is 537. The molecule has 2 atom stereocenters. The standard InChI is InChI=1S/C16H23N3O2/c1-18-10-5-7-13(18)14-6-3-2-4-11-19(14)16(21)12-8-9-15(20)17-12/h5,7,10,12,14H,2-4,6,8-9,11H2,1H3,(H,17,20)/t12-,14-/m1/s1. The molecule has 0 unspecified atom stereocenters. The van der Waals surface area contributed by atoms with Crippen LogP contribution in [0, 0.1) is 0 Å². The lowest BCUT2D eigenvalue weighted by Crippen LogP contribution is -2.46. The minimum atomic E-state index is -0.321. The van der Waals surface area contributed by atoms with Crippen LogP contribution in [0.25, 0.3) is 0 Å². The van der Waals surface area contributed by atoms with E-state index >= 15 is 0 Å². The molecular weight excluding hydrogens is 266 g/mol.